The fourth-order valence-corrected chi connectivity index (χ4v) is 1.04. The smallest absolute Gasteiger partial charge is 0.430 e. The first kappa shape index (κ1) is 18.4. The van der Waals surface area contributed by atoms with Gasteiger partial charge in [0, 0.05) is 0 Å². The molecule has 0 saturated heterocycles. The van der Waals surface area contributed by atoms with Gasteiger partial charge in [0.05, 0.1) is 0 Å². The predicted molar refractivity (Wildman–Crippen MR) is 73.3 cm³/mol. The van der Waals surface area contributed by atoms with Gasteiger partial charge in [-0.1, -0.05) is 0 Å². The third kappa shape index (κ3) is 9.31. The Balaban J connectivity index is 4.77. The van der Waals surface area contributed by atoms with E-state index in [2.05, 4.69) is 12.6 Å². The molecule has 2 N–H and O–H groups in total. The summed E-state index contributed by atoms with van der Waals surface area (Å²) in [7, 11) is 0. The maximum Gasteiger partial charge on any atom is 0.430 e. The van der Waals surface area contributed by atoms with Crippen LogP contribution in [0.5, 0.6) is 0 Å². The van der Waals surface area contributed by atoms with Gasteiger partial charge >= 0.3 is 18.2 Å². The van der Waals surface area contributed by atoms with E-state index in [4.69, 9.17) is 14.6 Å². The molecule has 0 aliphatic carbocycles. The van der Waals surface area contributed by atoms with E-state index in [1.54, 1.807) is 20.8 Å². The Morgan fingerprint density at radius 3 is 2.00 bits per heavy atom. The van der Waals surface area contributed by atoms with E-state index in [-0.39, 0.29) is 0 Å². The SMILES string of the molecule is CC(C)(C)OC(=O)NN(CC(=O)O)C(=O)OC(C)(C)S. The van der Waals surface area contributed by atoms with Crippen LogP contribution in [0.1, 0.15) is 34.6 Å². The lowest BCUT2D eigenvalue weighted by Crippen LogP contribution is -2.51. The van der Waals surface area contributed by atoms with E-state index in [0.29, 0.717) is 5.01 Å². The number of thiol groups is 1. The second-order valence-corrected chi connectivity index (χ2v) is 6.49. The summed E-state index contributed by atoms with van der Waals surface area (Å²) in [6.07, 6.45) is -2.02. The van der Waals surface area contributed by atoms with Gasteiger partial charge in [-0.05, 0) is 34.6 Å². The molecule has 0 aliphatic rings. The van der Waals surface area contributed by atoms with E-state index < -0.39 is 35.2 Å². The summed E-state index contributed by atoms with van der Waals surface area (Å²) < 4.78 is 9.77. The summed E-state index contributed by atoms with van der Waals surface area (Å²) >= 11 is 3.98. The van der Waals surface area contributed by atoms with Crippen LogP contribution in [0.4, 0.5) is 9.59 Å². The minimum Gasteiger partial charge on any atom is -0.480 e. The number of hydrogen-bond acceptors (Lipinski definition) is 6. The fraction of sp³-hybridized carbons (Fsp3) is 0.727. The van der Waals surface area contributed by atoms with Crippen molar-refractivity contribution in [2.75, 3.05) is 6.54 Å². The molecule has 0 heterocycles. The lowest BCUT2D eigenvalue weighted by Gasteiger charge is -2.27. The normalized spacial score (nSPS) is 11.5. The predicted octanol–water partition coefficient (Wildman–Crippen LogP) is 1.62. The molecule has 8 nitrogen and oxygen atoms in total. The lowest BCUT2D eigenvalue weighted by molar-refractivity contribution is -0.138. The molecule has 0 atom stereocenters. The number of nitrogens with zero attached hydrogens (tertiary/aromatic N) is 1. The van der Waals surface area contributed by atoms with E-state index in [0.717, 1.165) is 0 Å². The van der Waals surface area contributed by atoms with Crippen molar-refractivity contribution in [1.29, 1.82) is 0 Å². The standard InChI is InChI=1S/C11H20N2O6S/c1-10(2,3)18-8(16)12-13(6-7(14)15)9(17)19-11(4,5)20/h20H,6H2,1-5H3,(H,12,16)(H,14,15). The second-order valence-electron chi connectivity index (χ2n) is 5.41. The Morgan fingerprint density at radius 1 is 1.15 bits per heavy atom. The molecule has 0 aromatic carbocycles. The monoisotopic (exact) mass is 308 g/mol. The zero-order valence-electron chi connectivity index (χ0n) is 12.1. The highest BCUT2D eigenvalue weighted by atomic mass is 32.1. The molecule has 0 spiro atoms. The molecule has 0 aliphatic heterocycles. The van der Waals surface area contributed by atoms with Crippen molar-refractivity contribution in [1.82, 2.24) is 10.4 Å². The first-order valence-electron chi connectivity index (χ1n) is 5.74. The van der Waals surface area contributed by atoms with Crippen molar-refractivity contribution in [3.63, 3.8) is 0 Å². The molecule has 0 bridgehead atoms. The van der Waals surface area contributed by atoms with Crippen molar-refractivity contribution in [2.24, 2.45) is 0 Å². The average molecular weight is 308 g/mol. The number of carboxylic acids is 1. The van der Waals surface area contributed by atoms with Gasteiger partial charge in [-0.15, -0.1) is 12.6 Å². The molecule has 0 aromatic heterocycles. The number of hydrazine groups is 1. The van der Waals surface area contributed by atoms with Crippen molar-refractivity contribution in [3.05, 3.63) is 0 Å². The quantitative estimate of drug-likeness (QED) is 0.415. The molecule has 0 aromatic rings. The Hall–Kier alpha value is -1.64. The summed E-state index contributed by atoms with van der Waals surface area (Å²) in [6.45, 7) is 7.08. The van der Waals surface area contributed by atoms with Gasteiger partial charge in [-0.2, -0.15) is 0 Å². The Bertz CT molecular complexity index is 385. The molecule has 116 valence electrons. The number of aliphatic carboxylic acids is 1. The fourth-order valence-electron chi connectivity index (χ4n) is 0.965. The number of nitrogens with one attached hydrogen (secondary N) is 1. The zero-order chi connectivity index (χ0) is 16.1. The lowest BCUT2D eigenvalue weighted by atomic mass is 10.2. The number of carboxylic acid groups (broad SMARTS) is 1. The minimum absolute atomic E-state index is 0.494. The van der Waals surface area contributed by atoms with Gasteiger partial charge in [0.1, 0.15) is 12.1 Å². The van der Waals surface area contributed by atoms with Crippen LogP contribution >= 0.6 is 12.6 Å². The summed E-state index contributed by atoms with van der Waals surface area (Å²) in [5, 5.41) is 9.21. The molecule has 0 rings (SSSR count). The molecule has 0 saturated carbocycles. The molecule has 0 fully saturated rings. The van der Waals surface area contributed by atoms with Gasteiger partial charge in [-0.25, -0.2) is 20.0 Å². The number of hydrogen-bond donors (Lipinski definition) is 3. The maximum absolute atomic E-state index is 11.7. The molecular formula is C11H20N2O6S. The van der Waals surface area contributed by atoms with Crippen LogP contribution in [-0.4, -0.2) is 45.4 Å². The van der Waals surface area contributed by atoms with Gasteiger partial charge in [0.25, 0.3) is 0 Å². The van der Waals surface area contributed by atoms with E-state index in [9.17, 15) is 14.4 Å². The molecule has 0 radical (unpaired) electrons. The summed E-state index contributed by atoms with van der Waals surface area (Å²) in [5.74, 6) is -1.32. The highest BCUT2D eigenvalue weighted by molar-refractivity contribution is 7.81. The third-order valence-electron chi connectivity index (χ3n) is 1.48. The van der Waals surface area contributed by atoms with Crippen LogP contribution < -0.4 is 5.43 Å². The van der Waals surface area contributed by atoms with Crippen LogP contribution in [0.3, 0.4) is 0 Å². The van der Waals surface area contributed by atoms with Gasteiger partial charge < -0.3 is 14.6 Å². The first-order valence-corrected chi connectivity index (χ1v) is 6.19. The molecule has 20 heavy (non-hydrogen) atoms. The Morgan fingerprint density at radius 2 is 1.65 bits per heavy atom. The molecule has 2 amide bonds. The van der Waals surface area contributed by atoms with Crippen LogP contribution in [0.15, 0.2) is 0 Å². The van der Waals surface area contributed by atoms with Crippen LogP contribution in [0.25, 0.3) is 0 Å². The summed E-state index contributed by atoms with van der Waals surface area (Å²) in [4.78, 5) is 32.8. The van der Waals surface area contributed by atoms with Crippen LogP contribution in [-0.2, 0) is 14.3 Å². The van der Waals surface area contributed by atoms with Gasteiger partial charge in [0.15, 0.2) is 4.93 Å². The molecular weight excluding hydrogens is 288 g/mol. The van der Waals surface area contributed by atoms with Crippen LogP contribution in [0.2, 0.25) is 0 Å². The van der Waals surface area contributed by atoms with Gasteiger partial charge in [-0.3, -0.25) is 4.79 Å². The third-order valence-corrected chi connectivity index (χ3v) is 1.57. The molecule has 9 heteroatoms. The zero-order valence-corrected chi connectivity index (χ0v) is 13.0. The number of amides is 2. The van der Waals surface area contributed by atoms with Crippen molar-refractivity contribution in [2.45, 2.75) is 45.2 Å². The maximum atomic E-state index is 11.7. The first-order chi connectivity index (χ1) is 8.80. The Kier molecular flexibility index (Phi) is 6.14. The van der Waals surface area contributed by atoms with Crippen molar-refractivity contribution in [3.8, 4) is 0 Å². The highest BCUT2D eigenvalue weighted by Gasteiger charge is 2.27. The number of carbonyl (C=O) groups is 3. The van der Waals surface area contributed by atoms with Crippen molar-refractivity contribution < 1.29 is 29.0 Å². The average Bonchev–Trinajstić information content (AvgIpc) is 2.09. The summed E-state index contributed by atoms with van der Waals surface area (Å²) in [5.41, 5.74) is 1.22. The highest BCUT2D eigenvalue weighted by Crippen LogP contribution is 2.15. The van der Waals surface area contributed by atoms with Crippen molar-refractivity contribution >= 4 is 30.8 Å². The van der Waals surface area contributed by atoms with E-state index in [1.165, 1.54) is 13.8 Å². The molecule has 0 unspecified atom stereocenters. The second kappa shape index (κ2) is 6.69. The largest absolute Gasteiger partial charge is 0.480 e. The number of ether oxygens (including phenoxy) is 2. The Labute approximate surface area is 122 Å². The topological polar surface area (TPSA) is 105 Å². The number of carbonyl (C=O) groups excluding carboxylic acids is 2. The van der Waals surface area contributed by atoms with Gasteiger partial charge in [0.2, 0.25) is 0 Å². The van der Waals surface area contributed by atoms with E-state index in [1.807, 2.05) is 5.43 Å². The van der Waals surface area contributed by atoms with E-state index >= 15 is 0 Å². The minimum atomic E-state index is -1.32. The summed E-state index contributed by atoms with van der Waals surface area (Å²) in [6, 6.07) is 0. The van der Waals surface area contributed by atoms with Crippen LogP contribution in [0, 0.1) is 0 Å². The number of rotatable bonds is 3.